The van der Waals surface area contributed by atoms with Gasteiger partial charge in [-0.1, -0.05) is 18.2 Å². The van der Waals surface area contributed by atoms with Crippen molar-refractivity contribution in [1.29, 1.82) is 0 Å². The Bertz CT molecular complexity index is 964. The lowest BCUT2D eigenvalue weighted by Crippen LogP contribution is -2.27. The Morgan fingerprint density at radius 3 is 2.65 bits per heavy atom. The predicted octanol–water partition coefficient (Wildman–Crippen LogP) is 3.12. The molecular weight excluding hydrogens is 396 g/mol. The van der Waals surface area contributed by atoms with Crippen LogP contribution in [0.1, 0.15) is 36.8 Å². The maximum Gasteiger partial charge on any atom is 0.340 e. The number of esters is 1. The zero-order valence-corrected chi connectivity index (χ0v) is 17.7. The van der Waals surface area contributed by atoms with Crippen molar-refractivity contribution < 1.29 is 24.1 Å². The number of rotatable bonds is 7. The number of fused-ring (bicyclic) bond motifs is 1. The molecule has 2 heterocycles. The molecule has 0 saturated carbocycles. The second-order valence-electron chi connectivity index (χ2n) is 7.72. The Balaban J connectivity index is 1.58. The molecule has 164 valence electrons. The first kappa shape index (κ1) is 21.1. The van der Waals surface area contributed by atoms with E-state index in [1.54, 1.807) is 19.1 Å². The maximum atomic E-state index is 12.7. The zero-order chi connectivity index (χ0) is 21.8. The highest BCUT2D eigenvalue weighted by atomic mass is 16.5. The molecule has 0 spiro atoms. The van der Waals surface area contributed by atoms with Gasteiger partial charge in [-0.3, -0.25) is 4.90 Å². The van der Waals surface area contributed by atoms with Crippen LogP contribution in [0.2, 0.25) is 0 Å². The van der Waals surface area contributed by atoms with Crippen molar-refractivity contribution in [3.63, 3.8) is 0 Å². The third-order valence-electron chi connectivity index (χ3n) is 5.67. The van der Waals surface area contributed by atoms with Crippen molar-refractivity contribution in [3.05, 3.63) is 65.0 Å². The van der Waals surface area contributed by atoms with Gasteiger partial charge in [-0.15, -0.1) is 0 Å². The van der Waals surface area contributed by atoms with Gasteiger partial charge < -0.3 is 25.1 Å². The van der Waals surface area contributed by atoms with E-state index in [9.17, 15) is 9.90 Å². The molecule has 0 radical (unpaired) electrons. The van der Waals surface area contributed by atoms with Gasteiger partial charge in [0.15, 0.2) is 0 Å². The molecule has 7 nitrogen and oxygen atoms in total. The first-order valence-corrected chi connectivity index (χ1v) is 10.7. The number of carbonyl (C=O) groups excluding carboxylic acids is 1. The average Bonchev–Trinajstić information content (AvgIpc) is 3.27. The zero-order valence-electron chi connectivity index (χ0n) is 17.7. The van der Waals surface area contributed by atoms with Gasteiger partial charge in [0, 0.05) is 18.2 Å². The lowest BCUT2D eigenvalue weighted by Gasteiger charge is -2.28. The van der Waals surface area contributed by atoms with Gasteiger partial charge >= 0.3 is 5.97 Å². The highest BCUT2D eigenvalue weighted by Crippen LogP contribution is 2.44. The number of phenolic OH excluding ortho intramolecular Hbond substituents is 1. The van der Waals surface area contributed by atoms with Crippen molar-refractivity contribution in [2.45, 2.75) is 25.7 Å². The topological polar surface area (TPSA) is 94.2 Å². The van der Waals surface area contributed by atoms with Gasteiger partial charge in [0.25, 0.3) is 0 Å². The molecule has 2 aliphatic rings. The summed E-state index contributed by atoms with van der Waals surface area (Å²) in [7, 11) is 0. The van der Waals surface area contributed by atoms with Gasteiger partial charge in [-0.25, -0.2) is 4.79 Å². The number of carbonyl (C=O) groups is 1. The number of hydrogen-bond donors (Lipinski definition) is 2. The third-order valence-corrected chi connectivity index (χ3v) is 5.67. The number of likely N-dealkylation sites (tertiary alicyclic amines) is 1. The average molecular weight is 424 g/mol. The molecule has 1 atom stereocenters. The normalized spacial score (nSPS) is 18.4. The fraction of sp³-hybridized carbons (Fsp3) is 0.375. The first-order chi connectivity index (χ1) is 15.1. The van der Waals surface area contributed by atoms with Crippen LogP contribution in [-0.2, 0) is 9.53 Å². The number of phenols is 1. The van der Waals surface area contributed by atoms with Crippen LogP contribution in [0, 0.1) is 0 Å². The van der Waals surface area contributed by atoms with Crippen molar-refractivity contribution in [2.24, 2.45) is 5.73 Å². The third kappa shape index (κ3) is 4.61. The van der Waals surface area contributed by atoms with Gasteiger partial charge in [0.2, 0.25) is 5.88 Å². The number of benzene rings is 2. The number of ether oxygens (including phenoxy) is 3. The van der Waals surface area contributed by atoms with E-state index in [0.717, 1.165) is 36.5 Å². The molecule has 7 heteroatoms. The van der Waals surface area contributed by atoms with Crippen LogP contribution in [0.3, 0.4) is 0 Å². The lowest BCUT2D eigenvalue weighted by molar-refractivity contribution is -0.139. The standard InChI is InChI=1S/C24H28N2O5/c1-2-29-24(28)22-21(19-10-7-17(27)15-20(19)31-23(22)25)16-5-8-18(9-6-16)30-14-13-26-11-3-4-12-26/h5-10,15,21,27H,2-4,11-14,25H2,1H3. The van der Waals surface area contributed by atoms with Crippen LogP contribution in [-0.4, -0.2) is 48.8 Å². The molecule has 1 saturated heterocycles. The highest BCUT2D eigenvalue weighted by Gasteiger charge is 2.35. The second-order valence-corrected chi connectivity index (χ2v) is 7.72. The van der Waals surface area contributed by atoms with E-state index >= 15 is 0 Å². The Kier molecular flexibility index (Phi) is 6.32. The lowest BCUT2D eigenvalue weighted by atomic mass is 9.83. The minimum absolute atomic E-state index is 0.0208. The Morgan fingerprint density at radius 2 is 1.94 bits per heavy atom. The summed E-state index contributed by atoms with van der Waals surface area (Å²) in [6, 6.07) is 12.4. The van der Waals surface area contributed by atoms with E-state index in [2.05, 4.69) is 4.90 Å². The number of nitrogens with zero attached hydrogens (tertiary/aromatic N) is 1. The number of nitrogens with two attached hydrogens (primary N) is 1. The van der Waals surface area contributed by atoms with E-state index in [1.807, 2.05) is 24.3 Å². The summed E-state index contributed by atoms with van der Waals surface area (Å²) >= 11 is 0. The molecule has 0 aliphatic carbocycles. The molecule has 1 unspecified atom stereocenters. The van der Waals surface area contributed by atoms with Crippen LogP contribution in [0.5, 0.6) is 17.2 Å². The Morgan fingerprint density at radius 1 is 1.19 bits per heavy atom. The van der Waals surface area contributed by atoms with Crippen LogP contribution >= 0.6 is 0 Å². The van der Waals surface area contributed by atoms with Gasteiger partial charge in [0.05, 0.1) is 12.5 Å². The summed E-state index contributed by atoms with van der Waals surface area (Å²) in [5.74, 6) is 0.243. The van der Waals surface area contributed by atoms with Crippen molar-refractivity contribution in [2.75, 3.05) is 32.8 Å². The largest absolute Gasteiger partial charge is 0.508 e. The Hall–Kier alpha value is -3.19. The van der Waals surface area contributed by atoms with Gasteiger partial charge in [-0.2, -0.15) is 0 Å². The van der Waals surface area contributed by atoms with Crippen LogP contribution < -0.4 is 15.2 Å². The van der Waals surface area contributed by atoms with Crippen molar-refractivity contribution in [1.82, 2.24) is 4.90 Å². The van der Waals surface area contributed by atoms with Crippen LogP contribution in [0.4, 0.5) is 0 Å². The van der Waals surface area contributed by atoms with E-state index in [4.69, 9.17) is 19.9 Å². The molecule has 0 aromatic heterocycles. The van der Waals surface area contributed by atoms with Crippen molar-refractivity contribution >= 4 is 5.97 Å². The summed E-state index contributed by atoms with van der Waals surface area (Å²) in [5, 5.41) is 9.84. The van der Waals surface area contributed by atoms with E-state index in [-0.39, 0.29) is 23.8 Å². The molecule has 3 N–H and O–H groups in total. The number of aromatic hydroxyl groups is 1. The highest BCUT2D eigenvalue weighted by molar-refractivity contribution is 5.92. The van der Waals surface area contributed by atoms with E-state index in [0.29, 0.717) is 12.4 Å². The molecule has 1 fully saturated rings. The molecule has 2 aromatic carbocycles. The quantitative estimate of drug-likeness (QED) is 0.660. The summed E-state index contributed by atoms with van der Waals surface area (Å²) in [4.78, 5) is 15.1. The molecule has 4 rings (SSSR count). The second kappa shape index (κ2) is 9.31. The monoisotopic (exact) mass is 424 g/mol. The maximum absolute atomic E-state index is 12.7. The smallest absolute Gasteiger partial charge is 0.340 e. The summed E-state index contributed by atoms with van der Waals surface area (Å²) in [6.45, 7) is 5.82. The minimum atomic E-state index is -0.519. The van der Waals surface area contributed by atoms with Crippen LogP contribution in [0.15, 0.2) is 53.9 Å². The molecule has 0 bridgehead atoms. The summed E-state index contributed by atoms with van der Waals surface area (Å²) in [6.07, 6.45) is 2.52. The molecule has 31 heavy (non-hydrogen) atoms. The Labute approximate surface area is 182 Å². The number of hydrogen-bond acceptors (Lipinski definition) is 7. The molecular formula is C24H28N2O5. The predicted molar refractivity (Wildman–Crippen MR) is 116 cm³/mol. The van der Waals surface area contributed by atoms with Gasteiger partial charge in [-0.05, 0) is 56.6 Å². The van der Waals surface area contributed by atoms with Crippen LogP contribution in [0.25, 0.3) is 0 Å². The minimum Gasteiger partial charge on any atom is -0.508 e. The van der Waals surface area contributed by atoms with E-state index < -0.39 is 11.9 Å². The summed E-state index contributed by atoms with van der Waals surface area (Å²) in [5.41, 5.74) is 7.95. The fourth-order valence-electron chi connectivity index (χ4n) is 4.15. The molecule has 2 aromatic rings. The fourth-order valence-corrected chi connectivity index (χ4v) is 4.15. The van der Waals surface area contributed by atoms with Gasteiger partial charge in [0.1, 0.15) is 29.4 Å². The summed E-state index contributed by atoms with van der Waals surface area (Å²) < 4.78 is 16.8. The van der Waals surface area contributed by atoms with Crippen molar-refractivity contribution in [3.8, 4) is 17.2 Å². The molecule has 2 aliphatic heterocycles. The SMILES string of the molecule is CCOC(=O)C1=C(N)Oc2cc(O)ccc2C1c1ccc(OCCN2CCCC2)cc1. The first-order valence-electron chi connectivity index (χ1n) is 10.7. The molecule has 0 amide bonds. The van der Waals surface area contributed by atoms with E-state index in [1.165, 1.54) is 18.9 Å².